The van der Waals surface area contributed by atoms with Gasteiger partial charge in [0, 0.05) is 17.4 Å². The highest BCUT2D eigenvalue weighted by Crippen LogP contribution is 2.44. The standard InChI is InChI=1S/C23H36O2/c1-17(2)11-10-12-18(3)23-24-21(19-13-6-4-7-14-19)22(25-23)20-15-8-5-9-16-20/h11,19-20,23H,3-10,12-16H2,1-2H3. The van der Waals surface area contributed by atoms with E-state index < -0.39 is 0 Å². The third-order valence-electron chi connectivity index (χ3n) is 6.01. The van der Waals surface area contributed by atoms with Gasteiger partial charge in [0.05, 0.1) is 0 Å². The minimum Gasteiger partial charge on any atom is -0.452 e. The van der Waals surface area contributed by atoms with Crippen LogP contribution in [0.3, 0.4) is 0 Å². The molecular formula is C23H36O2. The minimum atomic E-state index is -0.237. The van der Waals surface area contributed by atoms with E-state index in [2.05, 4.69) is 26.5 Å². The highest BCUT2D eigenvalue weighted by atomic mass is 16.7. The zero-order valence-corrected chi connectivity index (χ0v) is 16.3. The maximum Gasteiger partial charge on any atom is 0.262 e. The fraction of sp³-hybridized carbons (Fsp3) is 0.739. The van der Waals surface area contributed by atoms with Crippen LogP contribution in [0.2, 0.25) is 0 Å². The van der Waals surface area contributed by atoms with Gasteiger partial charge in [-0.05, 0) is 52.4 Å². The summed E-state index contributed by atoms with van der Waals surface area (Å²) in [6, 6.07) is 0. The molecule has 2 aliphatic carbocycles. The number of hydrogen-bond donors (Lipinski definition) is 0. The first-order chi connectivity index (χ1) is 12.1. The number of ether oxygens (including phenoxy) is 2. The van der Waals surface area contributed by atoms with Gasteiger partial charge in [0.15, 0.2) is 0 Å². The molecule has 1 heterocycles. The van der Waals surface area contributed by atoms with Crippen molar-refractivity contribution >= 4 is 0 Å². The van der Waals surface area contributed by atoms with Crippen molar-refractivity contribution in [3.63, 3.8) is 0 Å². The lowest BCUT2D eigenvalue weighted by Crippen LogP contribution is -2.15. The van der Waals surface area contributed by atoms with Crippen LogP contribution in [0.5, 0.6) is 0 Å². The van der Waals surface area contributed by atoms with Crippen molar-refractivity contribution in [3.05, 3.63) is 35.3 Å². The molecule has 0 aromatic heterocycles. The Morgan fingerprint density at radius 1 is 0.880 bits per heavy atom. The summed E-state index contributed by atoms with van der Waals surface area (Å²) in [5.41, 5.74) is 2.46. The second kappa shape index (κ2) is 8.96. The Morgan fingerprint density at radius 3 is 1.80 bits per heavy atom. The summed E-state index contributed by atoms with van der Waals surface area (Å²) in [4.78, 5) is 0. The van der Waals surface area contributed by atoms with Gasteiger partial charge in [-0.1, -0.05) is 56.8 Å². The molecule has 2 heteroatoms. The average Bonchev–Trinajstić information content (AvgIpc) is 3.08. The molecule has 2 saturated carbocycles. The summed E-state index contributed by atoms with van der Waals surface area (Å²) >= 11 is 0. The van der Waals surface area contributed by atoms with Crippen LogP contribution < -0.4 is 0 Å². The zero-order valence-electron chi connectivity index (χ0n) is 16.3. The van der Waals surface area contributed by atoms with Crippen LogP contribution in [0.15, 0.2) is 35.3 Å². The SMILES string of the molecule is C=C(CCC=C(C)C)C1OC(C2CCCCC2)=C(C2CCCCC2)O1. The summed E-state index contributed by atoms with van der Waals surface area (Å²) in [6.45, 7) is 8.58. The van der Waals surface area contributed by atoms with Gasteiger partial charge in [-0.3, -0.25) is 0 Å². The van der Waals surface area contributed by atoms with Crippen LogP contribution in [0.25, 0.3) is 0 Å². The summed E-state index contributed by atoms with van der Waals surface area (Å²) in [6.07, 6.45) is 17.2. The molecular weight excluding hydrogens is 308 g/mol. The van der Waals surface area contributed by atoms with Crippen LogP contribution in [-0.2, 0) is 9.47 Å². The number of hydrogen-bond acceptors (Lipinski definition) is 2. The molecule has 0 aromatic rings. The van der Waals surface area contributed by atoms with E-state index in [1.807, 2.05) is 0 Å². The van der Waals surface area contributed by atoms with Gasteiger partial charge >= 0.3 is 0 Å². The van der Waals surface area contributed by atoms with Crippen LogP contribution in [-0.4, -0.2) is 6.29 Å². The number of rotatable bonds is 6. The predicted molar refractivity (Wildman–Crippen MR) is 104 cm³/mol. The van der Waals surface area contributed by atoms with Gasteiger partial charge in [-0.25, -0.2) is 0 Å². The van der Waals surface area contributed by atoms with Crippen molar-refractivity contribution in [3.8, 4) is 0 Å². The fourth-order valence-electron chi connectivity index (χ4n) is 4.53. The largest absolute Gasteiger partial charge is 0.452 e. The normalized spacial score (nSPS) is 23.3. The molecule has 3 aliphatic rings. The Morgan fingerprint density at radius 2 is 1.36 bits per heavy atom. The van der Waals surface area contributed by atoms with Gasteiger partial charge in [0.25, 0.3) is 6.29 Å². The van der Waals surface area contributed by atoms with E-state index >= 15 is 0 Å². The highest BCUT2D eigenvalue weighted by Gasteiger charge is 2.37. The molecule has 25 heavy (non-hydrogen) atoms. The van der Waals surface area contributed by atoms with E-state index in [1.54, 1.807) is 0 Å². The Hall–Kier alpha value is -1.18. The lowest BCUT2D eigenvalue weighted by atomic mass is 9.83. The van der Waals surface area contributed by atoms with Gasteiger partial charge in [0.2, 0.25) is 0 Å². The Kier molecular flexibility index (Phi) is 6.67. The Bertz CT molecular complexity index is 482. The molecule has 0 saturated heterocycles. The van der Waals surface area contributed by atoms with Crippen molar-refractivity contribution in [1.82, 2.24) is 0 Å². The van der Waals surface area contributed by atoms with E-state index in [0.29, 0.717) is 11.8 Å². The second-order valence-corrected chi connectivity index (χ2v) is 8.44. The molecule has 0 bridgehead atoms. The van der Waals surface area contributed by atoms with Crippen molar-refractivity contribution in [1.29, 1.82) is 0 Å². The fourth-order valence-corrected chi connectivity index (χ4v) is 4.53. The average molecular weight is 345 g/mol. The number of allylic oxidation sites excluding steroid dienone is 4. The second-order valence-electron chi connectivity index (χ2n) is 8.44. The zero-order chi connectivity index (χ0) is 17.6. The molecule has 0 N–H and O–H groups in total. The molecule has 0 spiro atoms. The molecule has 3 rings (SSSR count). The smallest absolute Gasteiger partial charge is 0.262 e. The first-order valence-corrected chi connectivity index (χ1v) is 10.5. The molecule has 140 valence electrons. The molecule has 2 nitrogen and oxygen atoms in total. The summed E-state index contributed by atoms with van der Waals surface area (Å²) in [7, 11) is 0. The van der Waals surface area contributed by atoms with E-state index in [4.69, 9.17) is 9.47 Å². The maximum atomic E-state index is 6.42. The summed E-state index contributed by atoms with van der Waals surface area (Å²) < 4.78 is 12.8. The molecule has 0 aromatic carbocycles. The first-order valence-electron chi connectivity index (χ1n) is 10.5. The third-order valence-corrected chi connectivity index (χ3v) is 6.01. The third kappa shape index (κ3) is 4.92. The van der Waals surface area contributed by atoms with Gasteiger partial charge in [-0.2, -0.15) is 0 Å². The molecule has 0 atom stereocenters. The molecule has 1 aliphatic heterocycles. The van der Waals surface area contributed by atoms with Crippen LogP contribution in [0.4, 0.5) is 0 Å². The predicted octanol–water partition coefficient (Wildman–Crippen LogP) is 7.03. The van der Waals surface area contributed by atoms with E-state index in [-0.39, 0.29) is 6.29 Å². The van der Waals surface area contributed by atoms with Gasteiger partial charge in [0.1, 0.15) is 11.5 Å². The van der Waals surface area contributed by atoms with Crippen molar-refractivity contribution in [2.75, 3.05) is 0 Å². The first kappa shape index (κ1) is 18.6. The lowest BCUT2D eigenvalue weighted by Gasteiger charge is -2.25. The monoisotopic (exact) mass is 344 g/mol. The minimum absolute atomic E-state index is 0.237. The highest BCUT2D eigenvalue weighted by molar-refractivity contribution is 5.18. The molecule has 0 unspecified atom stereocenters. The van der Waals surface area contributed by atoms with E-state index in [0.717, 1.165) is 18.4 Å². The summed E-state index contributed by atoms with van der Waals surface area (Å²) in [5, 5.41) is 0. The van der Waals surface area contributed by atoms with Crippen LogP contribution >= 0.6 is 0 Å². The summed E-state index contributed by atoms with van der Waals surface area (Å²) in [5.74, 6) is 3.59. The van der Waals surface area contributed by atoms with E-state index in [1.165, 1.54) is 81.3 Å². The maximum absolute atomic E-state index is 6.42. The van der Waals surface area contributed by atoms with Crippen LogP contribution in [0.1, 0.15) is 90.9 Å². The lowest BCUT2D eigenvalue weighted by molar-refractivity contribution is -0.0245. The van der Waals surface area contributed by atoms with E-state index in [9.17, 15) is 0 Å². The topological polar surface area (TPSA) is 18.5 Å². The van der Waals surface area contributed by atoms with Gasteiger partial charge < -0.3 is 9.47 Å². The molecule has 0 amide bonds. The molecule has 2 fully saturated rings. The van der Waals surface area contributed by atoms with Crippen molar-refractivity contribution < 1.29 is 9.47 Å². The van der Waals surface area contributed by atoms with Crippen molar-refractivity contribution in [2.24, 2.45) is 11.8 Å². The van der Waals surface area contributed by atoms with Crippen molar-refractivity contribution in [2.45, 2.75) is 97.2 Å². The Labute approximate surface area is 154 Å². The quantitative estimate of drug-likeness (QED) is 0.481. The van der Waals surface area contributed by atoms with Gasteiger partial charge in [-0.15, -0.1) is 0 Å². The molecule has 0 radical (unpaired) electrons. The van der Waals surface area contributed by atoms with Crippen LogP contribution in [0, 0.1) is 11.8 Å². The Balaban J connectivity index is 1.68.